The Balaban J connectivity index is 1.91. The molecule has 0 bridgehead atoms. The fraction of sp³-hybridized carbons (Fsp3) is 0.222. The molecule has 2 aromatic carbocycles. The third-order valence-corrected chi connectivity index (χ3v) is 3.48. The summed E-state index contributed by atoms with van der Waals surface area (Å²) < 4.78 is 52.3. The first-order chi connectivity index (χ1) is 12.7. The number of carbonyl (C=O) groups excluding carboxylic acids is 2. The van der Waals surface area contributed by atoms with E-state index in [9.17, 15) is 27.2 Å². The highest BCUT2D eigenvalue weighted by atomic mass is 19.4. The molecule has 2 aromatic rings. The zero-order valence-corrected chi connectivity index (χ0v) is 14.3. The Labute approximate surface area is 153 Å². The molecule has 0 aliphatic rings. The second-order valence-electron chi connectivity index (χ2n) is 5.79. The number of hydrogen-bond acceptors (Lipinski definition) is 3. The van der Waals surface area contributed by atoms with Gasteiger partial charge in [0.1, 0.15) is 5.82 Å². The topological polar surface area (TPSA) is 61.4 Å². The number of carbonyl (C=O) groups is 2. The van der Waals surface area contributed by atoms with Crippen LogP contribution in [0.3, 0.4) is 0 Å². The molecule has 9 heteroatoms. The molecule has 0 heterocycles. The number of rotatable bonds is 6. The maximum absolute atomic E-state index is 13.5. The largest absolute Gasteiger partial charge is 0.418 e. The summed E-state index contributed by atoms with van der Waals surface area (Å²) in [6.45, 7) is -0.570. The average Bonchev–Trinajstić information content (AvgIpc) is 2.56. The van der Waals surface area contributed by atoms with Gasteiger partial charge in [0.2, 0.25) is 11.8 Å². The summed E-state index contributed by atoms with van der Waals surface area (Å²) >= 11 is 0. The highest BCUT2D eigenvalue weighted by Crippen LogP contribution is 2.34. The maximum Gasteiger partial charge on any atom is 0.418 e. The molecule has 2 N–H and O–H groups in total. The summed E-state index contributed by atoms with van der Waals surface area (Å²) in [6.07, 6.45) is -4.60. The number of anilines is 2. The van der Waals surface area contributed by atoms with Gasteiger partial charge in [-0.05, 0) is 31.3 Å². The minimum atomic E-state index is -4.60. The van der Waals surface area contributed by atoms with Crippen molar-refractivity contribution in [2.45, 2.75) is 6.18 Å². The van der Waals surface area contributed by atoms with Crippen LogP contribution in [0.25, 0.3) is 0 Å². The minimum Gasteiger partial charge on any atom is -0.324 e. The molecular formula is C18H17F4N3O2. The summed E-state index contributed by atoms with van der Waals surface area (Å²) in [5.41, 5.74) is -1.32. The van der Waals surface area contributed by atoms with Crippen molar-refractivity contribution in [2.24, 2.45) is 0 Å². The van der Waals surface area contributed by atoms with Crippen molar-refractivity contribution in [1.29, 1.82) is 0 Å². The van der Waals surface area contributed by atoms with Gasteiger partial charge in [-0.25, -0.2) is 4.39 Å². The third kappa shape index (κ3) is 6.07. The number of likely N-dealkylation sites (N-methyl/N-ethyl adjacent to an activating group) is 1. The van der Waals surface area contributed by atoms with Gasteiger partial charge in [-0.3, -0.25) is 14.5 Å². The van der Waals surface area contributed by atoms with Crippen LogP contribution in [-0.4, -0.2) is 36.9 Å². The predicted molar refractivity (Wildman–Crippen MR) is 92.6 cm³/mol. The Morgan fingerprint density at radius 3 is 1.93 bits per heavy atom. The Hall–Kier alpha value is -2.94. The molecule has 0 saturated carbocycles. The number of nitrogens with one attached hydrogen (secondary N) is 2. The molecule has 2 amide bonds. The van der Waals surface area contributed by atoms with Crippen LogP contribution in [0.2, 0.25) is 0 Å². The predicted octanol–water partition coefficient (Wildman–Crippen LogP) is 3.35. The summed E-state index contributed by atoms with van der Waals surface area (Å²) in [7, 11) is 1.44. The number of nitrogens with zero attached hydrogens (tertiary/aromatic N) is 1. The first-order valence-corrected chi connectivity index (χ1v) is 7.86. The van der Waals surface area contributed by atoms with Gasteiger partial charge in [0.05, 0.1) is 30.0 Å². The van der Waals surface area contributed by atoms with Crippen LogP contribution in [0.1, 0.15) is 5.56 Å². The van der Waals surface area contributed by atoms with E-state index in [4.69, 9.17) is 0 Å². The van der Waals surface area contributed by atoms with Gasteiger partial charge in [0, 0.05) is 0 Å². The van der Waals surface area contributed by atoms with Gasteiger partial charge in [0.25, 0.3) is 0 Å². The molecule has 0 aromatic heterocycles. The number of para-hydroxylation sites is 2. The van der Waals surface area contributed by atoms with E-state index in [0.717, 1.165) is 12.1 Å². The molecule has 27 heavy (non-hydrogen) atoms. The van der Waals surface area contributed by atoms with Crippen LogP contribution in [-0.2, 0) is 15.8 Å². The molecule has 0 radical (unpaired) electrons. The fourth-order valence-corrected chi connectivity index (χ4v) is 2.33. The Morgan fingerprint density at radius 1 is 0.889 bits per heavy atom. The second-order valence-corrected chi connectivity index (χ2v) is 5.79. The first kappa shape index (κ1) is 20.4. The van der Waals surface area contributed by atoms with Crippen molar-refractivity contribution in [3.63, 3.8) is 0 Å². The van der Waals surface area contributed by atoms with E-state index in [1.54, 1.807) is 6.07 Å². The van der Waals surface area contributed by atoms with Crippen LogP contribution < -0.4 is 10.6 Å². The van der Waals surface area contributed by atoms with Crippen molar-refractivity contribution < 1.29 is 27.2 Å². The molecular weight excluding hydrogens is 366 g/mol. The Kier molecular flexibility index (Phi) is 6.51. The van der Waals surface area contributed by atoms with Crippen LogP contribution in [0, 0.1) is 5.82 Å². The molecule has 0 atom stereocenters. The van der Waals surface area contributed by atoms with Crippen LogP contribution in [0.15, 0.2) is 48.5 Å². The van der Waals surface area contributed by atoms with E-state index in [1.165, 1.54) is 42.3 Å². The molecule has 0 aliphatic heterocycles. The zero-order valence-electron chi connectivity index (χ0n) is 14.3. The minimum absolute atomic E-state index is 0.000504. The van der Waals surface area contributed by atoms with E-state index in [0.29, 0.717) is 0 Å². The van der Waals surface area contributed by atoms with Crippen molar-refractivity contribution >= 4 is 23.2 Å². The van der Waals surface area contributed by atoms with E-state index < -0.39 is 29.4 Å². The highest BCUT2D eigenvalue weighted by Gasteiger charge is 2.33. The van der Waals surface area contributed by atoms with Gasteiger partial charge in [-0.1, -0.05) is 24.3 Å². The number of amides is 2. The molecule has 0 spiro atoms. The fourth-order valence-electron chi connectivity index (χ4n) is 2.33. The van der Waals surface area contributed by atoms with Crippen LogP contribution >= 0.6 is 0 Å². The van der Waals surface area contributed by atoms with Gasteiger partial charge in [0.15, 0.2) is 0 Å². The monoisotopic (exact) mass is 383 g/mol. The van der Waals surface area contributed by atoms with Crippen LogP contribution in [0.4, 0.5) is 28.9 Å². The van der Waals surface area contributed by atoms with E-state index in [2.05, 4.69) is 10.6 Å². The van der Waals surface area contributed by atoms with Crippen molar-refractivity contribution in [3.8, 4) is 0 Å². The normalized spacial score (nSPS) is 11.3. The number of alkyl halides is 3. The van der Waals surface area contributed by atoms with E-state index in [-0.39, 0.29) is 24.5 Å². The summed E-state index contributed by atoms with van der Waals surface area (Å²) in [4.78, 5) is 25.2. The number of benzene rings is 2. The lowest BCUT2D eigenvalue weighted by molar-refractivity contribution is -0.137. The third-order valence-electron chi connectivity index (χ3n) is 3.48. The Morgan fingerprint density at radius 2 is 1.37 bits per heavy atom. The highest BCUT2D eigenvalue weighted by molar-refractivity contribution is 5.95. The molecule has 5 nitrogen and oxygen atoms in total. The van der Waals surface area contributed by atoms with E-state index >= 15 is 0 Å². The second kappa shape index (κ2) is 8.63. The van der Waals surface area contributed by atoms with Gasteiger partial charge in [-0.2, -0.15) is 13.2 Å². The van der Waals surface area contributed by atoms with Gasteiger partial charge < -0.3 is 10.6 Å². The van der Waals surface area contributed by atoms with Crippen molar-refractivity contribution in [3.05, 3.63) is 59.9 Å². The summed E-state index contributed by atoms with van der Waals surface area (Å²) in [5.74, 6) is -1.88. The van der Waals surface area contributed by atoms with Crippen molar-refractivity contribution in [1.82, 2.24) is 4.90 Å². The summed E-state index contributed by atoms with van der Waals surface area (Å²) in [6, 6.07) is 10.2. The molecule has 0 aliphatic carbocycles. The molecule has 144 valence electrons. The first-order valence-electron chi connectivity index (χ1n) is 7.86. The SMILES string of the molecule is CN(CC(=O)Nc1ccccc1F)CC(=O)Nc1ccccc1C(F)(F)F. The Bertz CT molecular complexity index is 824. The van der Waals surface area contributed by atoms with Gasteiger partial charge >= 0.3 is 6.18 Å². The van der Waals surface area contributed by atoms with E-state index in [1.807, 2.05) is 0 Å². The smallest absolute Gasteiger partial charge is 0.324 e. The molecule has 0 saturated heterocycles. The standard InChI is InChI=1S/C18H17F4N3O2/c1-25(11-17(27)24-15-9-5-3-7-13(15)19)10-16(26)23-14-8-4-2-6-12(14)18(20,21)22/h2-9H,10-11H2,1H3,(H,23,26)(H,24,27). The maximum atomic E-state index is 13.5. The summed E-state index contributed by atoms with van der Waals surface area (Å²) in [5, 5.41) is 4.54. The number of halogens is 4. The lowest BCUT2D eigenvalue weighted by Crippen LogP contribution is -2.36. The quantitative estimate of drug-likeness (QED) is 0.752. The average molecular weight is 383 g/mol. The lowest BCUT2D eigenvalue weighted by Gasteiger charge is -2.18. The molecule has 2 rings (SSSR count). The van der Waals surface area contributed by atoms with Crippen molar-refractivity contribution in [2.75, 3.05) is 30.8 Å². The number of hydrogen-bond donors (Lipinski definition) is 2. The van der Waals surface area contributed by atoms with Gasteiger partial charge in [-0.15, -0.1) is 0 Å². The zero-order chi connectivity index (χ0) is 20.0. The molecule has 0 fully saturated rings. The molecule has 0 unspecified atom stereocenters. The lowest BCUT2D eigenvalue weighted by atomic mass is 10.1. The van der Waals surface area contributed by atoms with Crippen LogP contribution in [0.5, 0.6) is 0 Å².